The van der Waals surface area contributed by atoms with Gasteiger partial charge in [0.1, 0.15) is 0 Å². The van der Waals surface area contributed by atoms with E-state index in [0.29, 0.717) is 18.7 Å². The first-order valence-corrected chi connectivity index (χ1v) is 5.79. The highest BCUT2D eigenvalue weighted by Gasteiger charge is 2.18. The minimum absolute atomic E-state index is 0.0859. The molecule has 2 aromatic rings. The summed E-state index contributed by atoms with van der Waals surface area (Å²) >= 11 is 0. The number of hydrogen-bond acceptors (Lipinski definition) is 4. The number of esters is 1. The molecule has 0 fully saturated rings. The van der Waals surface area contributed by atoms with Crippen LogP contribution in [-0.4, -0.2) is 12.6 Å². The molecule has 0 atom stereocenters. The van der Waals surface area contributed by atoms with Gasteiger partial charge in [-0.25, -0.2) is 4.79 Å². The summed E-state index contributed by atoms with van der Waals surface area (Å²) in [5, 5.41) is 0. The third-order valence-electron chi connectivity index (χ3n) is 2.61. The molecule has 0 radical (unpaired) electrons. The van der Waals surface area contributed by atoms with Gasteiger partial charge in [-0.3, -0.25) is 0 Å². The number of ether oxygens (including phenoxy) is 1. The van der Waals surface area contributed by atoms with Crippen LogP contribution in [0.5, 0.6) is 0 Å². The molecule has 2 N–H and O–H groups in total. The summed E-state index contributed by atoms with van der Waals surface area (Å²) in [5.74, 6) is -0.433. The highest BCUT2D eigenvalue weighted by Crippen LogP contribution is 2.23. The van der Waals surface area contributed by atoms with Crippen molar-refractivity contribution in [2.24, 2.45) is 0 Å². The fourth-order valence-electron chi connectivity index (χ4n) is 1.71. The molecule has 0 saturated heterocycles. The van der Waals surface area contributed by atoms with Crippen molar-refractivity contribution in [3.05, 3.63) is 53.5 Å². The number of anilines is 1. The molecule has 0 bridgehead atoms. The average Bonchev–Trinajstić information content (AvgIpc) is 2.73. The second-order valence-electron chi connectivity index (χ2n) is 3.89. The fraction of sp³-hybridized carbons (Fsp3) is 0.214. The number of rotatable bonds is 4. The zero-order valence-electron chi connectivity index (χ0n) is 10.2. The maximum Gasteiger partial charge on any atom is 0.376 e. The number of benzene rings is 1. The van der Waals surface area contributed by atoms with Gasteiger partial charge in [0.05, 0.1) is 18.6 Å². The number of carbonyl (C=O) groups excluding carboxylic acids is 1. The van der Waals surface area contributed by atoms with Gasteiger partial charge in [0.2, 0.25) is 5.76 Å². The Balaban J connectivity index is 2.18. The van der Waals surface area contributed by atoms with Gasteiger partial charge in [0, 0.05) is 12.0 Å². The van der Waals surface area contributed by atoms with Crippen LogP contribution in [0.2, 0.25) is 0 Å². The molecule has 18 heavy (non-hydrogen) atoms. The third-order valence-corrected chi connectivity index (χ3v) is 2.61. The van der Waals surface area contributed by atoms with Crippen LogP contribution in [0.25, 0.3) is 0 Å². The number of hydrogen-bond donors (Lipinski definition) is 1. The Labute approximate surface area is 105 Å². The standard InChI is InChI=1S/C14H15NO3/c1-2-17-14(16)13-12(15)11(9-18-13)8-10-6-4-3-5-7-10/h3-7,9H,2,8,15H2,1H3. The van der Waals surface area contributed by atoms with E-state index in [2.05, 4.69) is 0 Å². The largest absolute Gasteiger partial charge is 0.460 e. The van der Waals surface area contributed by atoms with E-state index in [4.69, 9.17) is 14.9 Å². The van der Waals surface area contributed by atoms with Crippen molar-refractivity contribution < 1.29 is 13.9 Å². The summed E-state index contributed by atoms with van der Waals surface area (Å²) in [5.41, 5.74) is 8.15. The van der Waals surface area contributed by atoms with Gasteiger partial charge in [-0.05, 0) is 12.5 Å². The van der Waals surface area contributed by atoms with E-state index < -0.39 is 5.97 Å². The van der Waals surface area contributed by atoms with Crippen molar-refractivity contribution in [2.75, 3.05) is 12.3 Å². The summed E-state index contributed by atoms with van der Waals surface area (Å²) in [7, 11) is 0. The molecule has 0 amide bonds. The van der Waals surface area contributed by atoms with Crippen LogP contribution in [-0.2, 0) is 11.2 Å². The molecule has 1 aromatic carbocycles. The Kier molecular flexibility index (Phi) is 3.67. The number of nitrogen functional groups attached to an aromatic ring is 1. The van der Waals surface area contributed by atoms with Crippen molar-refractivity contribution in [1.29, 1.82) is 0 Å². The Hall–Kier alpha value is -2.23. The molecule has 4 nitrogen and oxygen atoms in total. The molecule has 0 saturated carbocycles. The highest BCUT2D eigenvalue weighted by molar-refractivity contribution is 5.92. The zero-order chi connectivity index (χ0) is 13.0. The molecular formula is C14H15NO3. The topological polar surface area (TPSA) is 65.5 Å². The number of nitrogens with two attached hydrogens (primary N) is 1. The molecular weight excluding hydrogens is 230 g/mol. The first-order chi connectivity index (χ1) is 8.72. The number of carbonyl (C=O) groups is 1. The van der Waals surface area contributed by atoms with Gasteiger partial charge in [-0.15, -0.1) is 0 Å². The van der Waals surface area contributed by atoms with E-state index in [0.717, 1.165) is 11.1 Å². The lowest BCUT2D eigenvalue weighted by Crippen LogP contribution is -2.06. The van der Waals surface area contributed by atoms with Crippen LogP contribution in [0.3, 0.4) is 0 Å². The molecule has 94 valence electrons. The maximum atomic E-state index is 11.5. The molecule has 0 aliphatic heterocycles. The Morgan fingerprint density at radius 2 is 2.06 bits per heavy atom. The van der Waals surface area contributed by atoms with Gasteiger partial charge in [-0.2, -0.15) is 0 Å². The van der Waals surface area contributed by atoms with Crippen LogP contribution >= 0.6 is 0 Å². The van der Waals surface area contributed by atoms with Crippen molar-refractivity contribution in [3.8, 4) is 0 Å². The molecule has 0 aliphatic rings. The summed E-state index contributed by atoms with van der Waals surface area (Å²) in [4.78, 5) is 11.5. The first-order valence-electron chi connectivity index (χ1n) is 5.79. The highest BCUT2D eigenvalue weighted by atomic mass is 16.5. The fourth-order valence-corrected chi connectivity index (χ4v) is 1.71. The predicted molar refractivity (Wildman–Crippen MR) is 68.3 cm³/mol. The molecule has 0 unspecified atom stereocenters. The van der Waals surface area contributed by atoms with E-state index >= 15 is 0 Å². The average molecular weight is 245 g/mol. The minimum atomic E-state index is -0.519. The minimum Gasteiger partial charge on any atom is -0.460 e. The number of furan rings is 1. The van der Waals surface area contributed by atoms with E-state index in [9.17, 15) is 4.79 Å². The normalized spacial score (nSPS) is 10.3. The van der Waals surface area contributed by atoms with E-state index in [1.54, 1.807) is 6.92 Å². The lowest BCUT2D eigenvalue weighted by molar-refractivity contribution is 0.0492. The van der Waals surface area contributed by atoms with Gasteiger partial charge < -0.3 is 14.9 Å². The molecule has 2 rings (SSSR count). The summed E-state index contributed by atoms with van der Waals surface area (Å²) < 4.78 is 10.0. The van der Waals surface area contributed by atoms with Crippen LogP contribution in [0.15, 0.2) is 41.0 Å². The van der Waals surface area contributed by atoms with Crippen molar-refractivity contribution in [1.82, 2.24) is 0 Å². The van der Waals surface area contributed by atoms with Crippen molar-refractivity contribution >= 4 is 11.7 Å². The molecule has 1 aromatic heterocycles. The summed E-state index contributed by atoms with van der Waals surface area (Å²) in [6.07, 6.45) is 2.14. The molecule has 0 aliphatic carbocycles. The molecule has 4 heteroatoms. The van der Waals surface area contributed by atoms with Gasteiger partial charge >= 0.3 is 5.97 Å². The second-order valence-corrected chi connectivity index (χ2v) is 3.89. The third kappa shape index (κ3) is 2.53. The monoisotopic (exact) mass is 245 g/mol. The molecule has 0 spiro atoms. The zero-order valence-corrected chi connectivity index (χ0v) is 10.2. The van der Waals surface area contributed by atoms with E-state index in [1.165, 1.54) is 6.26 Å². The van der Waals surface area contributed by atoms with Crippen LogP contribution < -0.4 is 5.73 Å². The van der Waals surface area contributed by atoms with Crippen LogP contribution in [0.4, 0.5) is 5.69 Å². The summed E-state index contributed by atoms with van der Waals surface area (Å²) in [6.45, 7) is 2.04. The SMILES string of the molecule is CCOC(=O)c1occ(Cc2ccccc2)c1N. The lowest BCUT2D eigenvalue weighted by Gasteiger charge is -2.01. The van der Waals surface area contributed by atoms with Crippen LogP contribution in [0.1, 0.15) is 28.6 Å². The smallest absolute Gasteiger partial charge is 0.376 e. The van der Waals surface area contributed by atoms with Crippen molar-refractivity contribution in [2.45, 2.75) is 13.3 Å². The first kappa shape index (κ1) is 12.2. The van der Waals surface area contributed by atoms with Gasteiger partial charge in [0.25, 0.3) is 0 Å². The van der Waals surface area contributed by atoms with E-state index in [-0.39, 0.29) is 5.76 Å². The Morgan fingerprint density at radius 3 is 2.72 bits per heavy atom. The van der Waals surface area contributed by atoms with E-state index in [1.807, 2.05) is 30.3 Å². The Morgan fingerprint density at radius 1 is 1.33 bits per heavy atom. The predicted octanol–water partition coefficient (Wildman–Crippen LogP) is 2.63. The van der Waals surface area contributed by atoms with Gasteiger partial charge in [0.15, 0.2) is 0 Å². The second kappa shape index (κ2) is 5.40. The van der Waals surface area contributed by atoms with Crippen LogP contribution in [0, 0.1) is 0 Å². The Bertz CT molecular complexity index is 531. The lowest BCUT2D eigenvalue weighted by atomic mass is 10.1. The van der Waals surface area contributed by atoms with Gasteiger partial charge in [-0.1, -0.05) is 30.3 Å². The van der Waals surface area contributed by atoms with Crippen molar-refractivity contribution in [3.63, 3.8) is 0 Å². The quantitative estimate of drug-likeness (QED) is 0.841. The maximum absolute atomic E-state index is 11.5. The summed E-state index contributed by atoms with van der Waals surface area (Å²) in [6, 6.07) is 9.86. The molecule has 1 heterocycles.